The molecule has 1 saturated heterocycles. The number of pyridine rings is 1. The summed E-state index contributed by atoms with van der Waals surface area (Å²) >= 11 is 0. The van der Waals surface area contributed by atoms with Crippen LogP contribution in [0, 0.1) is 16.0 Å². The van der Waals surface area contributed by atoms with Crippen molar-refractivity contribution >= 4 is 17.5 Å². The van der Waals surface area contributed by atoms with Crippen molar-refractivity contribution in [3.63, 3.8) is 0 Å². The Bertz CT molecular complexity index is 445. The highest BCUT2D eigenvalue weighted by Gasteiger charge is 2.28. The molecule has 1 atom stereocenters. The Morgan fingerprint density at radius 3 is 2.82 bits per heavy atom. The Kier molecular flexibility index (Phi) is 2.90. The van der Waals surface area contributed by atoms with Crippen molar-refractivity contribution in [2.45, 2.75) is 6.42 Å². The number of hydrogen-bond donors (Lipinski definition) is 1. The molecule has 17 heavy (non-hydrogen) atoms. The molecule has 1 fully saturated rings. The molecule has 1 aliphatic rings. The zero-order valence-electron chi connectivity index (χ0n) is 8.94. The summed E-state index contributed by atoms with van der Waals surface area (Å²) in [5.41, 5.74) is 0.722. The van der Waals surface area contributed by atoms with E-state index in [1.165, 1.54) is 12.3 Å². The van der Waals surface area contributed by atoms with E-state index >= 15 is 0 Å². The van der Waals surface area contributed by atoms with Crippen molar-refractivity contribution in [2.75, 3.05) is 18.0 Å². The Labute approximate surface area is 96.8 Å². The molecule has 1 N–H and O–H groups in total. The molecule has 0 bridgehead atoms. The summed E-state index contributed by atoms with van der Waals surface area (Å²) < 4.78 is 0. The molecule has 1 aromatic heterocycles. The van der Waals surface area contributed by atoms with Crippen LogP contribution in [-0.2, 0) is 4.79 Å². The molecular weight excluding hydrogens is 226 g/mol. The number of hydrogen-bond acceptors (Lipinski definition) is 5. The van der Waals surface area contributed by atoms with Crippen LogP contribution in [0.5, 0.6) is 0 Å². The number of carboxylic acid groups (broad SMARTS) is 1. The van der Waals surface area contributed by atoms with Gasteiger partial charge in [-0.1, -0.05) is 0 Å². The molecule has 2 heterocycles. The summed E-state index contributed by atoms with van der Waals surface area (Å²) in [7, 11) is 0. The van der Waals surface area contributed by atoms with Gasteiger partial charge in [-0.15, -0.1) is 0 Å². The molecule has 1 aliphatic heterocycles. The lowest BCUT2D eigenvalue weighted by Gasteiger charge is -2.15. The van der Waals surface area contributed by atoms with E-state index in [1.54, 1.807) is 6.07 Å². The van der Waals surface area contributed by atoms with E-state index in [4.69, 9.17) is 5.11 Å². The van der Waals surface area contributed by atoms with Crippen LogP contribution in [0.2, 0.25) is 0 Å². The molecule has 1 aromatic rings. The van der Waals surface area contributed by atoms with Crippen molar-refractivity contribution in [3.05, 3.63) is 28.4 Å². The quantitative estimate of drug-likeness (QED) is 0.619. The van der Waals surface area contributed by atoms with Gasteiger partial charge in [-0.2, -0.15) is 0 Å². The van der Waals surface area contributed by atoms with Crippen molar-refractivity contribution in [1.82, 2.24) is 4.98 Å². The van der Waals surface area contributed by atoms with Crippen molar-refractivity contribution in [1.29, 1.82) is 0 Å². The number of aromatic nitrogens is 1. The van der Waals surface area contributed by atoms with Gasteiger partial charge in [0.2, 0.25) is 0 Å². The lowest BCUT2D eigenvalue weighted by molar-refractivity contribution is -0.389. The third-order valence-corrected chi connectivity index (χ3v) is 2.82. The van der Waals surface area contributed by atoms with Gasteiger partial charge in [0.15, 0.2) is 6.20 Å². The minimum Gasteiger partial charge on any atom is -0.481 e. The first-order valence-electron chi connectivity index (χ1n) is 5.16. The monoisotopic (exact) mass is 237 g/mol. The SMILES string of the molecule is O=C(O)C1CCN(c2ccc([N+](=O)[O-])nc2)C1. The fraction of sp³-hybridized carbons (Fsp3) is 0.400. The molecule has 0 spiro atoms. The van der Waals surface area contributed by atoms with E-state index in [9.17, 15) is 14.9 Å². The minimum atomic E-state index is -0.803. The predicted molar refractivity (Wildman–Crippen MR) is 58.8 cm³/mol. The average Bonchev–Trinajstić information content (AvgIpc) is 2.78. The van der Waals surface area contributed by atoms with E-state index in [-0.39, 0.29) is 11.7 Å². The number of nitro groups is 1. The van der Waals surface area contributed by atoms with Crippen LogP contribution in [0.3, 0.4) is 0 Å². The lowest BCUT2D eigenvalue weighted by Crippen LogP contribution is -2.22. The van der Waals surface area contributed by atoms with Gasteiger partial charge in [0.05, 0.1) is 11.6 Å². The summed E-state index contributed by atoms with van der Waals surface area (Å²) in [6.07, 6.45) is 1.99. The molecule has 0 amide bonds. The summed E-state index contributed by atoms with van der Waals surface area (Å²) in [4.78, 5) is 26.2. The fourth-order valence-corrected chi connectivity index (χ4v) is 1.87. The summed E-state index contributed by atoms with van der Waals surface area (Å²) in [6.45, 7) is 1.06. The third kappa shape index (κ3) is 2.32. The van der Waals surface area contributed by atoms with Crippen molar-refractivity contribution in [2.24, 2.45) is 5.92 Å². The van der Waals surface area contributed by atoms with E-state index < -0.39 is 10.9 Å². The smallest absolute Gasteiger partial charge is 0.363 e. The Hall–Kier alpha value is -2.18. The third-order valence-electron chi connectivity index (χ3n) is 2.82. The Morgan fingerprint density at radius 2 is 2.35 bits per heavy atom. The summed E-state index contributed by atoms with van der Waals surface area (Å²) in [5, 5.41) is 19.3. The summed E-state index contributed by atoms with van der Waals surface area (Å²) in [6, 6.07) is 2.92. The van der Waals surface area contributed by atoms with E-state index in [1.807, 2.05) is 4.90 Å². The maximum Gasteiger partial charge on any atom is 0.363 e. The van der Waals surface area contributed by atoms with Crippen LogP contribution >= 0.6 is 0 Å². The number of carboxylic acids is 1. The van der Waals surface area contributed by atoms with Gasteiger partial charge in [0.1, 0.15) is 0 Å². The topological polar surface area (TPSA) is 96.6 Å². The minimum absolute atomic E-state index is 0.206. The molecule has 0 radical (unpaired) electrons. The van der Waals surface area contributed by atoms with Gasteiger partial charge in [-0.3, -0.25) is 4.79 Å². The molecule has 1 unspecified atom stereocenters. The number of aliphatic carboxylic acids is 1. The highest BCUT2D eigenvalue weighted by atomic mass is 16.6. The van der Waals surface area contributed by atoms with Gasteiger partial charge in [0, 0.05) is 19.2 Å². The second-order valence-corrected chi connectivity index (χ2v) is 3.90. The highest BCUT2D eigenvalue weighted by Crippen LogP contribution is 2.24. The second-order valence-electron chi connectivity index (χ2n) is 3.90. The first kappa shape index (κ1) is 11.3. The van der Waals surface area contributed by atoms with Crippen molar-refractivity contribution in [3.8, 4) is 0 Å². The largest absolute Gasteiger partial charge is 0.481 e. The fourth-order valence-electron chi connectivity index (χ4n) is 1.87. The normalized spacial score (nSPS) is 19.3. The lowest BCUT2D eigenvalue weighted by atomic mass is 10.1. The summed E-state index contributed by atoms with van der Waals surface area (Å²) in [5.74, 6) is -1.38. The van der Waals surface area contributed by atoms with Crippen molar-refractivity contribution < 1.29 is 14.8 Å². The molecule has 0 aromatic carbocycles. The van der Waals surface area contributed by atoms with Crippen LogP contribution < -0.4 is 4.90 Å². The molecule has 90 valence electrons. The molecular formula is C10H11N3O4. The van der Waals surface area contributed by atoms with Gasteiger partial charge in [0.25, 0.3) is 0 Å². The average molecular weight is 237 g/mol. The Balaban J connectivity index is 2.09. The Morgan fingerprint density at radius 1 is 1.59 bits per heavy atom. The number of carbonyl (C=O) groups is 1. The van der Waals surface area contributed by atoms with Crippen LogP contribution in [0.1, 0.15) is 6.42 Å². The maximum absolute atomic E-state index is 10.8. The molecule has 0 aliphatic carbocycles. The predicted octanol–water partition coefficient (Wildman–Crippen LogP) is 0.901. The number of nitrogens with zero attached hydrogens (tertiary/aromatic N) is 3. The highest BCUT2D eigenvalue weighted by molar-refractivity contribution is 5.72. The van der Waals surface area contributed by atoms with Gasteiger partial charge < -0.3 is 20.1 Å². The van der Waals surface area contributed by atoms with Gasteiger partial charge >= 0.3 is 11.8 Å². The van der Waals surface area contributed by atoms with Crippen LogP contribution in [0.4, 0.5) is 11.5 Å². The zero-order chi connectivity index (χ0) is 12.4. The maximum atomic E-state index is 10.8. The van der Waals surface area contributed by atoms with Gasteiger partial charge in [-0.25, -0.2) is 0 Å². The molecule has 2 rings (SSSR count). The van der Waals surface area contributed by atoms with Crippen LogP contribution in [-0.4, -0.2) is 34.1 Å². The molecule has 7 heteroatoms. The molecule has 0 saturated carbocycles. The van der Waals surface area contributed by atoms with E-state index in [0.29, 0.717) is 19.5 Å². The number of rotatable bonds is 3. The zero-order valence-corrected chi connectivity index (χ0v) is 8.94. The van der Waals surface area contributed by atoms with E-state index in [2.05, 4.69) is 4.98 Å². The molecule has 7 nitrogen and oxygen atoms in total. The number of anilines is 1. The standard InChI is InChI=1S/C10H11N3O4/c14-10(15)7-3-4-12(6-7)8-1-2-9(11-5-8)13(16)17/h1-2,5,7H,3-4,6H2,(H,14,15). The first-order chi connectivity index (χ1) is 8.08. The van der Waals surface area contributed by atoms with Gasteiger partial charge in [-0.05, 0) is 22.4 Å². The van der Waals surface area contributed by atoms with E-state index in [0.717, 1.165) is 5.69 Å². The van der Waals surface area contributed by atoms with Crippen LogP contribution in [0.25, 0.3) is 0 Å². The first-order valence-corrected chi connectivity index (χ1v) is 5.16. The van der Waals surface area contributed by atoms with Crippen LogP contribution in [0.15, 0.2) is 18.3 Å². The second kappa shape index (κ2) is 4.36.